The van der Waals surface area contributed by atoms with E-state index < -0.39 is 17.8 Å². The highest BCUT2D eigenvalue weighted by Crippen LogP contribution is 2.49. The fourth-order valence-corrected chi connectivity index (χ4v) is 5.56. The lowest BCUT2D eigenvalue weighted by atomic mass is 9.75. The van der Waals surface area contributed by atoms with Gasteiger partial charge in [-0.15, -0.1) is 0 Å². The minimum atomic E-state index is -0.801. The topological polar surface area (TPSA) is 109 Å². The van der Waals surface area contributed by atoms with Crippen molar-refractivity contribution >= 4 is 29.3 Å². The van der Waals surface area contributed by atoms with Crippen molar-refractivity contribution in [1.82, 2.24) is 0 Å². The normalized spacial score (nSPS) is 21.4. The second kappa shape index (κ2) is 13.7. The summed E-state index contributed by atoms with van der Waals surface area (Å²) >= 11 is 6.65. The number of nitrogens with zero attached hydrogens (tertiary/aromatic N) is 1. The maximum absolute atomic E-state index is 13.7. The molecule has 1 heterocycles. The number of carbonyl (C=O) groups excluding carboxylic acids is 2. The zero-order valence-electron chi connectivity index (χ0n) is 22.3. The van der Waals surface area contributed by atoms with Crippen molar-refractivity contribution in [2.45, 2.75) is 45.4 Å². The third-order valence-corrected chi connectivity index (χ3v) is 7.80. The molecule has 2 atom stereocenters. The molecule has 2 unspecified atom stereocenters. The molecule has 3 aliphatic rings. The minimum Gasteiger partial charge on any atom is -0.465 e. The van der Waals surface area contributed by atoms with Crippen LogP contribution in [0.3, 0.4) is 0 Å². The van der Waals surface area contributed by atoms with Crippen LogP contribution in [0.1, 0.15) is 51.0 Å². The molecule has 1 aliphatic heterocycles. The molecule has 0 spiro atoms. The Morgan fingerprint density at radius 3 is 2.37 bits per heavy atom. The standard InChI is InChI=1S/C29H39ClN2O6/c1-3-37-29(34)27-24(17-36-15-14-35-13-12-31)32-18(2)25(26(27)21-6-4-5-7-23(21)30)28(33)38-16-22(19-8-9-19)20-10-11-20/h4-7,19-20,22,25-26H,3,8-17,31H2,1-2H3. The molecule has 2 fully saturated rings. The summed E-state index contributed by atoms with van der Waals surface area (Å²) in [6.07, 6.45) is 4.84. The number of benzene rings is 1. The van der Waals surface area contributed by atoms with Crippen molar-refractivity contribution < 1.29 is 28.5 Å². The van der Waals surface area contributed by atoms with Gasteiger partial charge in [0.15, 0.2) is 0 Å². The average molecular weight is 547 g/mol. The predicted molar refractivity (Wildman–Crippen MR) is 145 cm³/mol. The first kappa shape index (κ1) is 28.7. The van der Waals surface area contributed by atoms with E-state index >= 15 is 0 Å². The number of nitrogens with two attached hydrogens (primary N) is 1. The average Bonchev–Trinajstić information content (AvgIpc) is 3.81. The maximum Gasteiger partial charge on any atom is 0.336 e. The summed E-state index contributed by atoms with van der Waals surface area (Å²) in [6.45, 7) is 5.73. The first-order chi connectivity index (χ1) is 18.5. The van der Waals surface area contributed by atoms with Crippen LogP contribution in [0.5, 0.6) is 0 Å². The predicted octanol–water partition coefficient (Wildman–Crippen LogP) is 4.30. The van der Waals surface area contributed by atoms with Gasteiger partial charge in [0, 0.05) is 23.2 Å². The summed E-state index contributed by atoms with van der Waals surface area (Å²) in [5.74, 6) is -0.710. The summed E-state index contributed by atoms with van der Waals surface area (Å²) in [6, 6.07) is 7.25. The third kappa shape index (κ3) is 7.23. The molecule has 38 heavy (non-hydrogen) atoms. The van der Waals surface area contributed by atoms with Gasteiger partial charge in [0.05, 0.1) is 50.9 Å². The lowest BCUT2D eigenvalue weighted by Gasteiger charge is -2.33. The van der Waals surface area contributed by atoms with Crippen LogP contribution in [0, 0.1) is 23.7 Å². The van der Waals surface area contributed by atoms with Crippen LogP contribution >= 0.6 is 11.6 Å². The largest absolute Gasteiger partial charge is 0.465 e. The summed E-state index contributed by atoms with van der Waals surface area (Å²) < 4.78 is 22.6. The van der Waals surface area contributed by atoms with E-state index in [1.54, 1.807) is 19.9 Å². The summed E-state index contributed by atoms with van der Waals surface area (Å²) in [7, 11) is 0. The van der Waals surface area contributed by atoms with Crippen LogP contribution in [0.4, 0.5) is 0 Å². The molecule has 0 saturated heterocycles. The first-order valence-electron chi connectivity index (χ1n) is 13.7. The monoisotopic (exact) mass is 546 g/mol. The number of ether oxygens (including phenoxy) is 4. The minimum absolute atomic E-state index is 0.0611. The molecule has 0 amide bonds. The Labute approximate surface area is 229 Å². The van der Waals surface area contributed by atoms with Crippen LogP contribution < -0.4 is 5.73 Å². The molecule has 4 rings (SSSR count). The van der Waals surface area contributed by atoms with E-state index in [1.165, 1.54) is 25.7 Å². The number of hydrogen-bond acceptors (Lipinski definition) is 8. The smallest absolute Gasteiger partial charge is 0.336 e. The quantitative estimate of drug-likeness (QED) is 0.258. The van der Waals surface area contributed by atoms with Crippen molar-refractivity contribution in [3.63, 3.8) is 0 Å². The maximum atomic E-state index is 13.7. The molecular formula is C29H39ClN2O6. The molecule has 0 radical (unpaired) electrons. The Morgan fingerprint density at radius 2 is 1.74 bits per heavy atom. The van der Waals surface area contributed by atoms with Gasteiger partial charge in [0.25, 0.3) is 0 Å². The zero-order valence-corrected chi connectivity index (χ0v) is 23.1. The van der Waals surface area contributed by atoms with Crippen LogP contribution in [0.25, 0.3) is 0 Å². The molecule has 0 bridgehead atoms. The van der Waals surface area contributed by atoms with Crippen molar-refractivity contribution in [2.75, 3.05) is 46.2 Å². The molecule has 0 aromatic heterocycles. The molecule has 2 N–H and O–H groups in total. The van der Waals surface area contributed by atoms with Crippen molar-refractivity contribution in [3.05, 3.63) is 46.1 Å². The van der Waals surface area contributed by atoms with Gasteiger partial charge < -0.3 is 24.7 Å². The van der Waals surface area contributed by atoms with Gasteiger partial charge in [-0.05, 0) is 68.9 Å². The van der Waals surface area contributed by atoms with Crippen LogP contribution in [-0.4, -0.2) is 63.8 Å². The van der Waals surface area contributed by atoms with Gasteiger partial charge in [-0.3, -0.25) is 9.79 Å². The Balaban J connectivity index is 1.62. The molecule has 9 heteroatoms. The molecule has 208 valence electrons. The summed E-state index contributed by atoms with van der Waals surface area (Å²) in [4.78, 5) is 31.8. The van der Waals surface area contributed by atoms with E-state index in [4.69, 9.17) is 41.3 Å². The molecular weight excluding hydrogens is 508 g/mol. The number of aliphatic imine (C=N–C) groups is 1. The van der Waals surface area contributed by atoms with Crippen LogP contribution in [0.2, 0.25) is 5.02 Å². The third-order valence-electron chi connectivity index (χ3n) is 7.45. The Morgan fingerprint density at radius 1 is 1.05 bits per heavy atom. The number of esters is 2. The van der Waals surface area contributed by atoms with E-state index in [1.807, 2.05) is 18.2 Å². The Hall–Kier alpha value is -2.26. The van der Waals surface area contributed by atoms with Crippen molar-refractivity contribution in [3.8, 4) is 0 Å². The lowest BCUT2D eigenvalue weighted by molar-refractivity contribution is -0.148. The van der Waals surface area contributed by atoms with Crippen molar-refractivity contribution in [2.24, 2.45) is 34.4 Å². The van der Waals surface area contributed by atoms with Gasteiger partial charge in [-0.1, -0.05) is 29.8 Å². The zero-order chi connectivity index (χ0) is 27.1. The number of hydrogen-bond donors (Lipinski definition) is 1. The summed E-state index contributed by atoms with van der Waals surface area (Å²) in [5.41, 5.74) is 7.36. The Bertz CT molecular complexity index is 1040. The number of halogens is 1. The summed E-state index contributed by atoms with van der Waals surface area (Å²) in [5, 5.41) is 0.455. The van der Waals surface area contributed by atoms with Crippen molar-refractivity contribution in [1.29, 1.82) is 0 Å². The van der Waals surface area contributed by atoms with Crippen LogP contribution in [0.15, 0.2) is 40.5 Å². The number of rotatable bonds is 15. The molecule has 1 aromatic carbocycles. The fourth-order valence-electron chi connectivity index (χ4n) is 5.31. The highest BCUT2D eigenvalue weighted by atomic mass is 35.5. The van der Waals surface area contributed by atoms with Gasteiger partial charge in [0.1, 0.15) is 5.92 Å². The highest BCUT2D eigenvalue weighted by molar-refractivity contribution is 6.31. The van der Waals surface area contributed by atoms with Crippen LogP contribution in [-0.2, 0) is 28.5 Å². The molecule has 2 aliphatic carbocycles. The van der Waals surface area contributed by atoms with E-state index in [0.717, 1.165) is 0 Å². The SMILES string of the molecule is CCOC(=O)C1=C(COCCOCCN)N=C(C)C(C(=O)OCC(C2CC2)C2CC2)C1c1ccccc1Cl. The molecule has 8 nitrogen and oxygen atoms in total. The lowest BCUT2D eigenvalue weighted by Crippen LogP contribution is -2.38. The van der Waals surface area contributed by atoms with Gasteiger partial charge >= 0.3 is 11.9 Å². The second-order valence-electron chi connectivity index (χ2n) is 10.2. The van der Waals surface area contributed by atoms with Gasteiger partial charge in [0.2, 0.25) is 0 Å². The first-order valence-corrected chi connectivity index (χ1v) is 14.1. The van der Waals surface area contributed by atoms with E-state index in [0.29, 0.717) is 72.7 Å². The second-order valence-corrected chi connectivity index (χ2v) is 10.6. The number of carbonyl (C=O) groups is 2. The van der Waals surface area contributed by atoms with Gasteiger partial charge in [-0.2, -0.15) is 0 Å². The highest BCUT2D eigenvalue weighted by Gasteiger charge is 2.46. The van der Waals surface area contributed by atoms with Gasteiger partial charge in [-0.25, -0.2) is 4.79 Å². The molecule has 2 saturated carbocycles. The van der Waals surface area contributed by atoms with E-state index in [2.05, 4.69) is 0 Å². The Kier molecular flexibility index (Phi) is 10.4. The molecule has 1 aromatic rings. The van der Waals surface area contributed by atoms with E-state index in [9.17, 15) is 9.59 Å². The van der Waals surface area contributed by atoms with E-state index in [-0.39, 0.29) is 24.8 Å². The fraction of sp³-hybridized carbons (Fsp3) is 0.621.